The number of nitrogens with zero attached hydrogens (tertiary/aromatic N) is 3. The predicted molar refractivity (Wildman–Crippen MR) is 109 cm³/mol. The third kappa shape index (κ3) is 3.15. The van der Waals surface area contributed by atoms with Crippen LogP contribution >= 0.6 is 23.2 Å². The van der Waals surface area contributed by atoms with Gasteiger partial charge < -0.3 is 14.4 Å². The maximum atomic E-state index is 12.9. The van der Waals surface area contributed by atoms with Crippen molar-refractivity contribution in [1.29, 1.82) is 0 Å². The Bertz CT molecular complexity index is 1180. The van der Waals surface area contributed by atoms with Gasteiger partial charge >= 0.3 is 0 Å². The molecule has 4 rings (SSSR count). The van der Waals surface area contributed by atoms with Crippen LogP contribution in [0.2, 0.25) is 10.0 Å². The van der Waals surface area contributed by atoms with Crippen LogP contribution in [0.4, 0.5) is 0 Å². The monoisotopic (exact) mass is 414 g/mol. The van der Waals surface area contributed by atoms with Crippen LogP contribution in [-0.4, -0.2) is 20.6 Å². The minimum atomic E-state index is -0.336. The van der Waals surface area contributed by atoms with Gasteiger partial charge in [-0.25, -0.2) is 4.98 Å². The van der Waals surface area contributed by atoms with Crippen molar-refractivity contribution >= 4 is 40.1 Å². The average Bonchev–Trinajstić information content (AvgIpc) is 3.20. The normalized spacial score (nSPS) is 11.1. The molecular weight excluding hydrogens is 399 g/mol. The fourth-order valence-electron chi connectivity index (χ4n) is 3.14. The lowest BCUT2D eigenvalue weighted by atomic mass is 10.1. The Kier molecular flexibility index (Phi) is 4.83. The summed E-state index contributed by atoms with van der Waals surface area (Å²) in [6.07, 6.45) is 0. The van der Waals surface area contributed by atoms with E-state index in [9.17, 15) is 4.79 Å². The molecule has 1 N–H and O–H groups in total. The number of hydrogen-bond donors (Lipinski definition) is 1. The largest absolute Gasteiger partial charge is 0.360 e. The number of benzene rings is 2. The lowest BCUT2D eigenvalue weighted by molar-refractivity contribution is 0.0948. The molecule has 0 aliphatic carbocycles. The third-order valence-corrected chi connectivity index (χ3v) is 5.21. The van der Waals surface area contributed by atoms with E-state index < -0.39 is 0 Å². The Hall–Kier alpha value is -2.83. The highest BCUT2D eigenvalue weighted by Gasteiger charge is 2.25. The molecule has 2 aromatic heterocycles. The molecule has 0 fully saturated rings. The van der Waals surface area contributed by atoms with Gasteiger partial charge in [0.15, 0.2) is 0 Å². The summed E-state index contributed by atoms with van der Waals surface area (Å²) in [7, 11) is 1.91. The zero-order valence-corrected chi connectivity index (χ0v) is 16.7. The molecule has 0 aliphatic rings. The van der Waals surface area contributed by atoms with E-state index >= 15 is 0 Å². The third-order valence-electron chi connectivity index (χ3n) is 4.58. The van der Waals surface area contributed by atoms with Crippen molar-refractivity contribution in [2.45, 2.75) is 13.5 Å². The second kappa shape index (κ2) is 7.30. The molecule has 2 aromatic carbocycles. The van der Waals surface area contributed by atoms with Crippen molar-refractivity contribution in [1.82, 2.24) is 20.0 Å². The average molecular weight is 415 g/mol. The second-order valence-electron chi connectivity index (χ2n) is 6.32. The molecule has 2 heterocycles. The van der Waals surface area contributed by atoms with Gasteiger partial charge in [-0.05, 0) is 31.2 Å². The molecule has 0 aliphatic heterocycles. The Morgan fingerprint density at radius 1 is 1.14 bits per heavy atom. The van der Waals surface area contributed by atoms with Crippen LogP contribution in [0.3, 0.4) is 0 Å². The predicted octanol–water partition coefficient (Wildman–Crippen LogP) is 4.77. The summed E-state index contributed by atoms with van der Waals surface area (Å²) in [5.41, 5.74) is 2.95. The zero-order chi connectivity index (χ0) is 19.8. The second-order valence-corrected chi connectivity index (χ2v) is 7.13. The first-order chi connectivity index (χ1) is 13.5. The Balaban J connectivity index is 1.64. The number of imidazole rings is 1. The molecule has 28 heavy (non-hydrogen) atoms. The summed E-state index contributed by atoms with van der Waals surface area (Å²) in [6, 6.07) is 12.9. The van der Waals surface area contributed by atoms with Gasteiger partial charge in [0, 0.05) is 12.6 Å². The van der Waals surface area contributed by atoms with Crippen LogP contribution in [0.25, 0.3) is 22.3 Å². The van der Waals surface area contributed by atoms with Crippen LogP contribution in [0.1, 0.15) is 21.9 Å². The minimum Gasteiger partial charge on any atom is -0.360 e. The number of fused-ring (bicyclic) bond motifs is 1. The quantitative estimate of drug-likeness (QED) is 0.521. The fraction of sp³-hybridized carbons (Fsp3) is 0.150. The molecule has 6 nitrogen and oxygen atoms in total. The summed E-state index contributed by atoms with van der Waals surface area (Å²) in [5, 5.41) is 7.68. The van der Waals surface area contributed by atoms with Gasteiger partial charge in [-0.2, -0.15) is 0 Å². The number of carbonyl (C=O) groups excluding carboxylic acids is 1. The van der Waals surface area contributed by atoms with E-state index in [1.165, 1.54) is 0 Å². The molecule has 1 amide bonds. The molecule has 8 heteroatoms. The fourth-order valence-corrected chi connectivity index (χ4v) is 3.71. The Morgan fingerprint density at radius 3 is 2.57 bits per heavy atom. The van der Waals surface area contributed by atoms with Crippen LogP contribution in [0.15, 0.2) is 47.0 Å². The van der Waals surface area contributed by atoms with E-state index in [-0.39, 0.29) is 12.5 Å². The molecule has 4 aromatic rings. The van der Waals surface area contributed by atoms with Gasteiger partial charge in [0.2, 0.25) is 0 Å². The van der Waals surface area contributed by atoms with Gasteiger partial charge in [0.1, 0.15) is 22.8 Å². The molecule has 142 valence electrons. The highest BCUT2D eigenvalue weighted by atomic mass is 35.5. The first-order valence-electron chi connectivity index (χ1n) is 8.56. The van der Waals surface area contributed by atoms with Crippen LogP contribution in [-0.2, 0) is 13.6 Å². The summed E-state index contributed by atoms with van der Waals surface area (Å²) >= 11 is 12.6. The number of hydrogen-bond acceptors (Lipinski definition) is 4. The molecule has 0 saturated carbocycles. The van der Waals surface area contributed by atoms with Crippen molar-refractivity contribution in [2.75, 3.05) is 0 Å². The Morgan fingerprint density at radius 2 is 1.86 bits per heavy atom. The van der Waals surface area contributed by atoms with E-state index in [1.807, 2.05) is 35.9 Å². The van der Waals surface area contributed by atoms with E-state index in [0.717, 1.165) is 16.9 Å². The summed E-state index contributed by atoms with van der Waals surface area (Å²) < 4.78 is 7.20. The standard InChI is InChI=1S/C20H16Cl2N4O2/c1-11-17(19(25-28-11)18-12(21)6-5-7-13(18)22)20(27)23-10-16-24-14-8-3-4-9-15(14)26(16)2/h3-9H,10H2,1-2H3,(H,23,27). The number of rotatable bonds is 4. The minimum absolute atomic E-state index is 0.254. The van der Waals surface area contributed by atoms with Gasteiger partial charge in [0.25, 0.3) is 5.91 Å². The molecule has 0 atom stereocenters. The molecule has 0 bridgehead atoms. The number of aryl methyl sites for hydroxylation is 2. The van der Waals surface area contributed by atoms with E-state index in [0.29, 0.717) is 32.6 Å². The molecule has 0 spiro atoms. The zero-order valence-electron chi connectivity index (χ0n) is 15.2. The number of carbonyl (C=O) groups is 1. The van der Waals surface area contributed by atoms with Crippen LogP contribution in [0.5, 0.6) is 0 Å². The van der Waals surface area contributed by atoms with E-state index in [2.05, 4.69) is 15.5 Å². The lowest BCUT2D eigenvalue weighted by Gasteiger charge is -2.08. The number of para-hydroxylation sites is 2. The SMILES string of the molecule is Cc1onc(-c2c(Cl)cccc2Cl)c1C(=O)NCc1nc2ccccc2n1C. The van der Waals surface area contributed by atoms with Gasteiger partial charge in [-0.3, -0.25) is 4.79 Å². The van der Waals surface area contributed by atoms with Crippen molar-refractivity contribution in [2.24, 2.45) is 7.05 Å². The van der Waals surface area contributed by atoms with Crippen LogP contribution in [0, 0.1) is 6.92 Å². The van der Waals surface area contributed by atoms with Crippen molar-refractivity contribution < 1.29 is 9.32 Å². The van der Waals surface area contributed by atoms with Crippen LogP contribution < -0.4 is 5.32 Å². The molecule has 0 unspecified atom stereocenters. The highest BCUT2D eigenvalue weighted by Crippen LogP contribution is 2.36. The topological polar surface area (TPSA) is 73.0 Å². The van der Waals surface area contributed by atoms with Crippen molar-refractivity contribution in [3.8, 4) is 11.3 Å². The summed E-state index contributed by atoms with van der Waals surface area (Å²) in [4.78, 5) is 17.5. The molecule has 0 saturated heterocycles. The number of nitrogens with one attached hydrogen (secondary N) is 1. The molecule has 0 radical (unpaired) electrons. The maximum absolute atomic E-state index is 12.9. The summed E-state index contributed by atoms with van der Waals surface area (Å²) in [5.74, 6) is 0.784. The number of amides is 1. The van der Waals surface area contributed by atoms with Gasteiger partial charge in [-0.15, -0.1) is 0 Å². The molecular formula is C20H16Cl2N4O2. The van der Waals surface area contributed by atoms with E-state index in [4.69, 9.17) is 27.7 Å². The summed E-state index contributed by atoms with van der Waals surface area (Å²) in [6.45, 7) is 1.93. The smallest absolute Gasteiger partial charge is 0.257 e. The van der Waals surface area contributed by atoms with Crippen molar-refractivity contribution in [3.05, 3.63) is 69.7 Å². The Labute approximate surface area is 171 Å². The maximum Gasteiger partial charge on any atom is 0.257 e. The highest BCUT2D eigenvalue weighted by molar-refractivity contribution is 6.39. The van der Waals surface area contributed by atoms with Gasteiger partial charge in [0.05, 0.1) is 27.6 Å². The lowest BCUT2D eigenvalue weighted by Crippen LogP contribution is -2.25. The van der Waals surface area contributed by atoms with Gasteiger partial charge in [-0.1, -0.05) is 46.6 Å². The number of aromatic nitrogens is 3. The first-order valence-corrected chi connectivity index (χ1v) is 9.32. The first kappa shape index (κ1) is 18.5. The van der Waals surface area contributed by atoms with Crippen molar-refractivity contribution in [3.63, 3.8) is 0 Å². The van der Waals surface area contributed by atoms with E-state index in [1.54, 1.807) is 25.1 Å². The number of halogens is 2.